The first-order chi connectivity index (χ1) is 6.43. The summed E-state index contributed by atoms with van der Waals surface area (Å²) in [4.78, 5) is 3.14. The molecule has 0 saturated carbocycles. The van der Waals surface area contributed by atoms with Crippen LogP contribution < -0.4 is 0 Å². The molecule has 1 aliphatic rings. The quantitative estimate of drug-likeness (QED) is 0.796. The van der Waals surface area contributed by atoms with Crippen LogP contribution in [0.4, 0.5) is 0 Å². The average Bonchev–Trinajstić information content (AvgIpc) is 2.79. The fourth-order valence-electron chi connectivity index (χ4n) is 1.19. The van der Waals surface area contributed by atoms with E-state index < -0.39 is 0 Å². The van der Waals surface area contributed by atoms with Crippen LogP contribution in [0.3, 0.4) is 0 Å². The summed E-state index contributed by atoms with van der Waals surface area (Å²) in [5.74, 6) is 0. The van der Waals surface area contributed by atoms with Gasteiger partial charge in [-0.05, 0) is 25.0 Å². The summed E-state index contributed by atoms with van der Waals surface area (Å²) >= 11 is 0. The number of aromatic nitrogens is 1. The van der Waals surface area contributed by atoms with Gasteiger partial charge in [0.05, 0.1) is 0 Å². The molecule has 0 radical (unpaired) electrons. The number of aryl methyl sites for hydroxylation is 1. The number of allylic oxidation sites excluding steroid dienone is 4. The van der Waals surface area contributed by atoms with E-state index in [0.29, 0.717) is 0 Å². The second kappa shape index (κ2) is 8.96. The zero-order chi connectivity index (χ0) is 9.36. The molecule has 0 saturated heterocycles. The van der Waals surface area contributed by atoms with Gasteiger partial charge in [-0.15, -0.1) is 0 Å². The number of hydrogen-bond donors (Lipinski definition) is 1. The van der Waals surface area contributed by atoms with Crippen LogP contribution in [0.5, 0.6) is 0 Å². The molecule has 1 aliphatic carbocycles. The number of H-pyrrole nitrogens is 1. The first-order valence-corrected chi connectivity index (χ1v) is 4.87. The zero-order valence-electron chi connectivity index (χ0n) is 8.52. The van der Waals surface area contributed by atoms with Gasteiger partial charge >= 0.3 is 0 Å². The Labute approximate surface area is 99.1 Å². The molecule has 1 nitrogen and oxygen atoms in total. The van der Waals surface area contributed by atoms with Crippen molar-refractivity contribution in [2.45, 2.75) is 26.2 Å². The first kappa shape index (κ1) is 13.4. The van der Waals surface area contributed by atoms with Gasteiger partial charge in [-0.2, -0.15) is 0 Å². The maximum absolute atomic E-state index is 3.14. The molecule has 0 spiro atoms. The summed E-state index contributed by atoms with van der Waals surface area (Å²) < 4.78 is 0. The third kappa shape index (κ3) is 5.93. The molecule has 1 heterocycles. The molecule has 2 rings (SSSR count). The van der Waals surface area contributed by atoms with Gasteiger partial charge in [-0.3, -0.25) is 0 Å². The van der Waals surface area contributed by atoms with E-state index >= 15 is 0 Å². The van der Waals surface area contributed by atoms with E-state index in [0.717, 1.165) is 6.42 Å². The van der Waals surface area contributed by atoms with E-state index in [-0.39, 0.29) is 19.5 Å². The Morgan fingerprint density at radius 2 is 2.00 bits per heavy atom. The van der Waals surface area contributed by atoms with Crippen molar-refractivity contribution >= 4 is 0 Å². The standard InChI is InChI=1S/C7H11N.C5H6.Ru/c1-2-4-7-5-3-6-8-7;1-2-4-5-3-1;/h3,5-6,8H,2,4H2,1H3;1-4H,5H2;. The summed E-state index contributed by atoms with van der Waals surface area (Å²) in [7, 11) is 0. The van der Waals surface area contributed by atoms with E-state index in [4.69, 9.17) is 0 Å². The summed E-state index contributed by atoms with van der Waals surface area (Å²) in [6, 6.07) is 4.15. The van der Waals surface area contributed by atoms with E-state index in [1.54, 1.807) is 0 Å². The Morgan fingerprint density at radius 1 is 1.29 bits per heavy atom. The maximum atomic E-state index is 3.14. The Balaban J connectivity index is 0.000000246. The van der Waals surface area contributed by atoms with Crippen molar-refractivity contribution in [2.24, 2.45) is 0 Å². The first-order valence-electron chi connectivity index (χ1n) is 4.87. The molecule has 0 fully saturated rings. The fourth-order valence-corrected chi connectivity index (χ4v) is 1.19. The molecule has 0 aliphatic heterocycles. The van der Waals surface area contributed by atoms with E-state index in [1.807, 2.05) is 12.3 Å². The molecular formula is C12H17NRu. The van der Waals surface area contributed by atoms with Crippen LogP contribution in [0.1, 0.15) is 25.5 Å². The second-order valence-electron chi connectivity index (χ2n) is 3.04. The van der Waals surface area contributed by atoms with Crippen LogP contribution in [0.15, 0.2) is 42.6 Å². The van der Waals surface area contributed by atoms with Crippen molar-refractivity contribution in [3.8, 4) is 0 Å². The molecule has 0 aromatic carbocycles. The Kier molecular flexibility index (Phi) is 8.56. The van der Waals surface area contributed by atoms with Gasteiger partial charge in [0.25, 0.3) is 0 Å². The summed E-state index contributed by atoms with van der Waals surface area (Å²) in [6.07, 6.45) is 13.9. The molecule has 1 aromatic heterocycles. The summed E-state index contributed by atoms with van der Waals surface area (Å²) in [5.41, 5.74) is 1.34. The van der Waals surface area contributed by atoms with Crippen molar-refractivity contribution in [2.75, 3.05) is 0 Å². The molecule has 1 N–H and O–H groups in total. The van der Waals surface area contributed by atoms with Gasteiger partial charge < -0.3 is 4.98 Å². The van der Waals surface area contributed by atoms with Crippen LogP contribution in [0.25, 0.3) is 0 Å². The van der Waals surface area contributed by atoms with Crippen LogP contribution in [0.2, 0.25) is 0 Å². The molecule has 1 aromatic rings. The largest absolute Gasteiger partial charge is 0.365 e. The fraction of sp³-hybridized carbons (Fsp3) is 0.333. The van der Waals surface area contributed by atoms with E-state index in [1.165, 1.54) is 18.5 Å². The number of hydrogen-bond acceptors (Lipinski definition) is 0. The molecule has 0 atom stereocenters. The van der Waals surface area contributed by atoms with Crippen LogP contribution in [-0.4, -0.2) is 4.98 Å². The molecule has 0 bridgehead atoms. The minimum atomic E-state index is 0. The van der Waals surface area contributed by atoms with Gasteiger partial charge in [0.1, 0.15) is 0 Å². The predicted molar refractivity (Wildman–Crippen MR) is 57.7 cm³/mol. The predicted octanol–water partition coefficient (Wildman–Crippen LogP) is 3.47. The van der Waals surface area contributed by atoms with E-state index in [2.05, 4.69) is 42.3 Å². The molecule has 14 heavy (non-hydrogen) atoms. The Morgan fingerprint density at radius 3 is 2.36 bits per heavy atom. The van der Waals surface area contributed by atoms with Gasteiger partial charge in [-0.1, -0.05) is 37.6 Å². The van der Waals surface area contributed by atoms with Gasteiger partial charge in [0, 0.05) is 31.4 Å². The molecular weight excluding hydrogens is 259 g/mol. The van der Waals surface area contributed by atoms with Crippen molar-refractivity contribution < 1.29 is 19.5 Å². The smallest absolute Gasteiger partial charge is 0.0147 e. The summed E-state index contributed by atoms with van der Waals surface area (Å²) in [6.45, 7) is 2.18. The normalized spacial score (nSPS) is 11.8. The van der Waals surface area contributed by atoms with Crippen molar-refractivity contribution in [3.63, 3.8) is 0 Å². The van der Waals surface area contributed by atoms with Gasteiger partial charge in [0.15, 0.2) is 0 Å². The van der Waals surface area contributed by atoms with Gasteiger partial charge in [0.2, 0.25) is 0 Å². The molecule has 78 valence electrons. The Bertz CT molecular complexity index is 250. The minimum absolute atomic E-state index is 0. The number of nitrogens with one attached hydrogen (secondary N) is 1. The third-order valence-corrected chi connectivity index (χ3v) is 1.84. The van der Waals surface area contributed by atoms with Crippen LogP contribution in [-0.2, 0) is 25.9 Å². The number of rotatable bonds is 2. The second-order valence-corrected chi connectivity index (χ2v) is 3.04. The zero-order valence-corrected chi connectivity index (χ0v) is 10.3. The Hall–Kier alpha value is -0.617. The maximum Gasteiger partial charge on any atom is 0.0147 e. The van der Waals surface area contributed by atoms with Crippen molar-refractivity contribution in [3.05, 3.63) is 48.3 Å². The minimum Gasteiger partial charge on any atom is -0.365 e. The van der Waals surface area contributed by atoms with Gasteiger partial charge in [-0.25, -0.2) is 0 Å². The molecule has 0 amide bonds. The topological polar surface area (TPSA) is 15.8 Å². The molecule has 2 heteroatoms. The van der Waals surface area contributed by atoms with Crippen LogP contribution in [0, 0.1) is 0 Å². The third-order valence-electron chi connectivity index (χ3n) is 1.84. The average molecular weight is 276 g/mol. The van der Waals surface area contributed by atoms with Crippen LogP contribution >= 0.6 is 0 Å². The SMILES string of the molecule is C1=CCC=C1.CCCc1ccc[nH]1.[Ru]. The van der Waals surface area contributed by atoms with E-state index in [9.17, 15) is 0 Å². The molecule has 0 unspecified atom stereocenters. The number of aromatic amines is 1. The monoisotopic (exact) mass is 277 g/mol. The summed E-state index contributed by atoms with van der Waals surface area (Å²) in [5, 5.41) is 0. The van der Waals surface area contributed by atoms with Crippen molar-refractivity contribution in [1.82, 2.24) is 4.98 Å². The van der Waals surface area contributed by atoms with Crippen molar-refractivity contribution in [1.29, 1.82) is 0 Å².